The van der Waals surface area contributed by atoms with Gasteiger partial charge >= 0.3 is 0 Å². The third kappa shape index (κ3) is 6.13. The summed E-state index contributed by atoms with van der Waals surface area (Å²) in [5.74, 6) is -0.370. The lowest BCUT2D eigenvalue weighted by molar-refractivity contribution is -0.150. The molecule has 2 amide bonds. The van der Waals surface area contributed by atoms with Crippen LogP contribution in [0.25, 0.3) is 0 Å². The maximum Gasteiger partial charge on any atom is 0.253 e. The van der Waals surface area contributed by atoms with Gasteiger partial charge in [0.2, 0.25) is 5.91 Å². The van der Waals surface area contributed by atoms with Crippen molar-refractivity contribution in [3.05, 3.63) is 63.9 Å². The first-order valence-corrected chi connectivity index (χ1v) is 15.3. The van der Waals surface area contributed by atoms with Crippen molar-refractivity contribution in [2.24, 2.45) is 0 Å². The summed E-state index contributed by atoms with van der Waals surface area (Å²) in [4.78, 5) is 32.7. The van der Waals surface area contributed by atoms with Crippen molar-refractivity contribution < 1.29 is 18.7 Å². The van der Waals surface area contributed by atoms with Gasteiger partial charge in [0, 0.05) is 25.8 Å². The Bertz CT molecular complexity index is 1250. The van der Waals surface area contributed by atoms with Crippen LogP contribution in [0.1, 0.15) is 50.5 Å². The van der Waals surface area contributed by atoms with E-state index in [1.165, 1.54) is 12.1 Å². The molecular formula is C31H39Cl2FN4O3. The first-order chi connectivity index (χ1) is 19.6. The molecule has 5 rings (SSSR count). The fourth-order valence-electron chi connectivity index (χ4n) is 6.92. The van der Waals surface area contributed by atoms with E-state index in [0.29, 0.717) is 22.2 Å². The van der Waals surface area contributed by atoms with Crippen molar-refractivity contribution >= 4 is 40.7 Å². The molecule has 10 heteroatoms. The quantitative estimate of drug-likeness (QED) is 0.468. The van der Waals surface area contributed by atoms with Crippen LogP contribution in [0.3, 0.4) is 0 Å². The van der Waals surface area contributed by atoms with Gasteiger partial charge in [-0.05, 0) is 100 Å². The molecule has 1 N–H and O–H groups in total. The molecule has 0 saturated carbocycles. The van der Waals surface area contributed by atoms with E-state index in [1.807, 2.05) is 26.2 Å². The van der Waals surface area contributed by atoms with Crippen LogP contribution in [0.15, 0.2) is 42.5 Å². The maximum absolute atomic E-state index is 13.7. The van der Waals surface area contributed by atoms with Gasteiger partial charge in [0.25, 0.3) is 5.91 Å². The zero-order valence-corrected chi connectivity index (χ0v) is 25.3. The summed E-state index contributed by atoms with van der Waals surface area (Å²) in [7, 11) is 3.70. The molecule has 3 aliphatic rings. The minimum Gasteiger partial charge on any atom is -0.359 e. The smallest absolute Gasteiger partial charge is 0.253 e. The van der Waals surface area contributed by atoms with E-state index >= 15 is 0 Å². The standard InChI is InChI=1S/C31H39Cl2FN4O3/c1-36(2)29(40)30(14-16-35-17-15-30)38-18-4-3-5-25(38)12-13-31(22-6-11-26(32)27(33)19-22)21-37(28(39)20-41-31)24-9-7-23(34)8-10-24/h6-11,19,25,35H,3-5,12-18,20-21H2,1-2H3/t25?,31-/m0/s1. The summed E-state index contributed by atoms with van der Waals surface area (Å²) in [6.45, 7) is 2.65. The van der Waals surface area contributed by atoms with Gasteiger partial charge in [0.05, 0.1) is 16.6 Å². The number of nitrogens with zero attached hydrogens (tertiary/aromatic N) is 3. The average molecular weight is 606 g/mol. The minimum atomic E-state index is -0.855. The number of benzene rings is 2. The zero-order valence-electron chi connectivity index (χ0n) is 23.8. The molecule has 3 heterocycles. The third-order valence-corrected chi connectivity index (χ3v) is 9.80. The van der Waals surface area contributed by atoms with Gasteiger partial charge in [0.15, 0.2) is 0 Å². The van der Waals surface area contributed by atoms with E-state index in [9.17, 15) is 14.0 Å². The van der Waals surface area contributed by atoms with Gasteiger partial charge in [-0.25, -0.2) is 4.39 Å². The molecule has 3 fully saturated rings. The van der Waals surface area contributed by atoms with E-state index in [1.54, 1.807) is 28.0 Å². The monoisotopic (exact) mass is 604 g/mol. The second-order valence-corrected chi connectivity index (χ2v) is 12.5. The Morgan fingerprint density at radius 3 is 2.51 bits per heavy atom. The molecule has 41 heavy (non-hydrogen) atoms. The van der Waals surface area contributed by atoms with Crippen LogP contribution in [-0.2, 0) is 19.9 Å². The van der Waals surface area contributed by atoms with Gasteiger partial charge in [-0.15, -0.1) is 0 Å². The summed E-state index contributed by atoms with van der Waals surface area (Å²) >= 11 is 12.8. The fourth-order valence-corrected chi connectivity index (χ4v) is 7.22. The normalized spacial score (nSPS) is 25.2. The summed E-state index contributed by atoms with van der Waals surface area (Å²) in [6, 6.07) is 11.6. The molecule has 7 nitrogen and oxygen atoms in total. The predicted octanol–water partition coefficient (Wildman–Crippen LogP) is 5.24. The van der Waals surface area contributed by atoms with Crippen LogP contribution in [0.2, 0.25) is 10.0 Å². The predicted molar refractivity (Wildman–Crippen MR) is 160 cm³/mol. The van der Waals surface area contributed by atoms with Crippen molar-refractivity contribution in [1.82, 2.24) is 15.1 Å². The molecule has 3 aliphatic heterocycles. The van der Waals surface area contributed by atoms with E-state index in [0.717, 1.165) is 63.7 Å². The number of piperidine rings is 2. The van der Waals surface area contributed by atoms with E-state index in [4.69, 9.17) is 27.9 Å². The molecule has 2 atom stereocenters. The lowest BCUT2D eigenvalue weighted by Gasteiger charge is -2.52. The van der Waals surface area contributed by atoms with E-state index < -0.39 is 11.1 Å². The number of hydrogen-bond acceptors (Lipinski definition) is 5. The number of amides is 2. The molecule has 0 radical (unpaired) electrons. The molecular weight excluding hydrogens is 566 g/mol. The number of carbonyl (C=O) groups excluding carboxylic acids is 2. The summed E-state index contributed by atoms with van der Waals surface area (Å²) in [5.41, 5.74) is 0.0792. The minimum absolute atomic E-state index is 0.110. The van der Waals surface area contributed by atoms with Crippen LogP contribution >= 0.6 is 23.2 Å². The van der Waals surface area contributed by atoms with Crippen LogP contribution in [0.4, 0.5) is 10.1 Å². The van der Waals surface area contributed by atoms with Crippen LogP contribution < -0.4 is 10.2 Å². The first kappa shape index (κ1) is 30.2. The molecule has 3 saturated heterocycles. The average Bonchev–Trinajstić information content (AvgIpc) is 2.99. The van der Waals surface area contributed by atoms with Crippen molar-refractivity contribution in [1.29, 1.82) is 0 Å². The largest absolute Gasteiger partial charge is 0.359 e. The Morgan fingerprint density at radius 1 is 1.10 bits per heavy atom. The molecule has 0 aromatic heterocycles. The molecule has 2 aromatic rings. The number of nitrogens with one attached hydrogen (secondary N) is 1. The number of anilines is 1. The molecule has 0 spiro atoms. The molecule has 0 bridgehead atoms. The Kier molecular flexibility index (Phi) is 9.26. The van der Waals surface area contributed by atoms with Gasteiger partial charge in [0.1, 0.15) is 23.6 Å². The van der Waals surface area contributed by atoms with Crippen LogP contribution in [0.5, 0.6) is 0 Å². The Labute approximate surface area is 251 Å². The number of hydrogen-bond donors (Lipinski definition) is 1. The number of likely N-dealkylation sites (N-methyl/N-ethyl adjacent to an activating group) is 1. The van der Waals surface area contributed by atoms with Gasteiger partial charge in [-0.1, -0.05) is 35.7 Å². The first-order valence-electron chi connectivity index (χ1n) is 14.5. The molecule has 222 valence electrons. The number of likely N-dealkylation sites (tertiary alicyclic amines) is 1. The highest BCUT2D eigenvalue weighted by molar-refractivity contribution is 6.42. The second kappa shape index (κ2) is 12.6. The number of ether oxygens (including phenoxy) is 1. The SMILES string of the molecule is CN(C)C(=O)C1(N2CCCCC2CC[C@@]2(c3ccc(Cl)c(Cl)c3)CN(c3ccc(F)cc3)C(=O)CO2)CCNCC1. The number of halogens is 3. The maximum atomic E-state index is 13.7. The van der Waals surface area contributed by atoms with E-state index in [2.05, 4.69) is 10.2 Å². The number of carbonyl (C=O) groups is 2. The zero-order chi connectivity index (χ0) is 29.2. The third-order valence-electron chi connectivity index (χ3n) is 9.06. The van der Waals surface area contributed by atoms with Gasteiger partial charge in [-0.2, -0.15) is 0 Å². The Balaban J connectivity index is 1.47. The van der Waals surface area contributed by atoms with Gasteiger partial charge < -0.3 is 19.9 Å². The lowest BCUT2D eigenvalue weighted by atomic mass is 9.79. The highest BCUT2D eigenvalue weighted by Crippen LogP contribution is 2.42. The molecule has 1 unspecified atom stereocenters. The summed E-state index contributed by atoms with van der Waals surface area (Å²) < 4.78 is 20.2. The summed E-state index contributed by atoms with van der Waals surface area (Å²) in [5, 5.41) is 4.30. The van der Waals surface area contributed by atoms with Crippen molar-refractivity contribution in [3.63, 3.8) is 0 Å². The fraction of sp³-hybridized carbons (Fsp3) is 0.548. The molecule has 0 aliphatic carbocycles. The van der Waals surface area contributed by atoms with E-state index in [-0.39, 0.29) is 36.8 Å². The van der Waals surface area contributed by atoms with Crippen LogP contribution in [0, 0.1) is 5.82 Å². The number of rotatable bonds is 7. The Morgan fingerprint density at radius 2 is 1.83 bits per heavy atom. The highest BCUT2D eigenvalue weighted by Gasteiger charge is 2.50. The highest BCUT2D eigenvalue weighted by atomic mass is 35.5. The topological polar surface area (TPSA) is 65.1 Å². The number of morpholine rings is 1. The lowest BCUT2D eigenvalue weighted by Crippen LogP contribution is -2.66. The second-order valence-electron chi connectivity index (χ2n) is 11.7. The Hall–Kier alpha value is -2.23. The van der Waals surface area contributed by atoms with Gasteiger partial charge in [-0.3, -0.25) is 14.5 Å². The van der Waals surface area contributed by atoms with Crippen molar-refractivity contribution in [3.8, 4) is 0 Å². The summed E-state index contributed by atoms with van der Waals surface area (Å²) in [6.07, 6.45) is 6.11. The van der Waals surface area contributed by atoms with Crippen molar-refractivity contribution in [2.75, 3.05) is 51.8 Å². The van der Waals surface area contributed by atoms with Crippen molar-refractivity contribution in [2.45, 2.75) is 62.1 Å². The molecule has 2 aromatic carbocycles. The van der Waals surface area contributed by atoms with Crippen LogP contribution in [-0.4, -0.2) is 80.1 Å².